The lowest BCUT2D eigenvalue weighted by molar-refractivity contribution is 1.46. The van der Waals surface area contributed by atoms with E-state index < -0.39 is 0 Å². The van der Waals surface area contributed by atoms with Crippen LogP contribution in [-0.4, -0.2) is 4.98 Å². The topological polar surface area (TPSA) is 15.8 Å². The Morgan fingerprint density at radius 2 is 1.50 bits per heavy atom. The molecule has 0 aliphatic rings. The fraction of sp³-hybridized carbons (Fsp3) is 0. The molecule has 0 unspecified atom stereocenters. The van der Waals surface area contributed by atoms with Crippen molar-refractivity contribution < 1.29 is 0 Å². The number of fused-ring (bicyclic) bond motifs is 2. The van der Waals surface area contributed by atoms with Gasteiger partial charge in [-0.05, 0) is 22.9 Å². The lowest BCUT2D eigenvalue weighted by Crippen LogP contribution is -1.80. The third kappa shape index (κ3) is 1.71. The highest BCUT2D eigenvalue weighted by Crippen LogP contribution is 2.32. The van der Waals surface area contributed by atoms with Crippen molar-refractivity contribution in [3.8, 4) is 11.3 Å². The summed E-state index contributed by atoms with van der Waals surface area (Å²) in [6.45, 7) is 0. The number of halogens is 1. The van der Waals surface area contributed by atoms with Crippen LogP contribution in [0.2, 0.25) is 5.02 Å². The van der Waals surface area contributed by atoms with Gasteiger partial charge in [0.2, 0.25) is 0 Å². The minimum atomic E-state index is 0.758. The smallest absolute Gasteiger partial charge is 0.0648 e. The average Bonchev–Trinajstić information content (AvgIpc) is 2.92. The fourth-order valence-corrected chi connectivity index (χ4v) is 2.95. The van der Waals surface area contributed by atoms with Gasteiger partial charge in [-0.3, -0.25) is 0 Å². The van der Waals surface area contributed by atoms with Crippen LogP contribution < -0.4 is 0 Å². The van der Waals surface area contributed by atoms with E-state index in [1.54, 1.807) is 0 Å². The Kier molecular flexibility index (Phi) is 2.54. The normalized spacial score (nSPS) is 11.2. The van der Waals surface area contributed by atoms with Crippen LogP contribution in [0.25, 0.3) is 32.9 Å². The van der Waals surface area contributed by atoms with Gasteiger partial charge in [-0.15, -0.1) is 0 Å². The van der Waals surface area contributed by atoms with Gasteiger partial charge in [-0.1, -0.05) is 66.2 Å². The Hall–Kier alpha value is -2.25. The molecule has 0 fully saturated rings. The molecule has 0 aliphatic heterocycles. The molecule has 0 saturated heterocycles. The molecule has 0 bridgehead atoms. The van der Waals surface area contributed by atoms with E-state index in [9.17, 15) is 0 Å². The van der Waals surface area contributed by atoms with E-state index in [0.717, 1.165) is 21.6 Å². The first kappa shape index (κ1) is 11.6. The van der Waals surface area contributed by atoms with Gasteiger partial charge in [0.25, 0.3) is 0 Å². The van der Waals surface area contributed by atoms with Crippen LogP contribution in [0.1, 0.15) is 0 Å². The molecular weight excluding hydrogens is 266 g/mol. The standard InChI is InChI=1S/C18H12ClN/c19-16-10-4-7-13-11-17(20-18(13)16)15-9-3-6-12-5-1-2-8-14(12)15/h1-11,20H. The Morgan fingerprint density at radius 3 is 2.40 bits per heavy atom. The molecule has 20 heavy (non-hydrogen) atoms. The number of hydrogen-bond donors (Lipinski definition) is 1. The number of nitrogens with one attached hydrogen (secondary N) is 1. The Labute approximate surface area is 121 Å². The van der Waals surface area contributed by atoms with E-state index in [0.29, 0.717) is 0 Å². The zero-order chi connectivity index (χ0) is 13.5. The second kappa shape index (κ2) is 4.39. The Morgan fingerprint density at radius 1 is 0.750 bits per heavy atom. The number of H-pyrrole nitrogens is 1. The van der Waals surface area contributed by atoms with E-state index in [-0.39, 0.29) is 0 Å². The van der Waals surface area contributed by atoms with Gasteiger partial charge < -0.3 is 4.98 Å². The van der Waals surface area contributed by atoms with Gasteiger partial charge in [-0.2, -0.15) is 0 Å². The first-order valence-electron chi connectivity index (χ1n) is 6.58. The predicted molar refractivity (Wildman–Crippen MR) is 86.3 cm³/mol. The summed E-state index contributed by atoms with van der Waals surface area (Å²) in [4.78, 5) is 3.44. The molecule has 0 atom stereocenters. The average molecular weight is 278 g/mol. The highest BCUT2D eigenvalue weighted by molar-refractivity contribution is 6.35. The van der Waals surface area contributed by atoms with Gasteiger partial charge in [0, 0.05) is 16.6 Å². The maximum atomic E-state index is 6.24. The number of hydrogen-bond acceptors (Lipinski definition) is 0. The first-order chi connectivity index (χ1) is 9.83. The second-order valence-electron chi connectivity index (χ2n) is 4.91. The molecule has 4 rings (SSSR count). The third-order valence-corrected chi connectivity index (χ3v) is 4.00. The minimum Gasteiger partial charge on any atom is -0.353 e. The molecule has 0 amide bonds. The van der Waals surface area contributed by atoms with E-state index in [4.69, 9.17) is 11.6 Å². The summed E-state index contributed by atoms with van der Waals surface area (Å²) in [5.74, 6) is 0. The van der Waals surface area contributed by atoms with Crippen LogP contribution >= 0.6 is 11.6 Å². The van der Waals surface area contributed by atoms with E-state index >= 15 is 0 Å². The summed E-state index contributed by atoms with van der Waals surface area (Å²) in [5.41, 5.74) is 3.30. The van der Waals surface area contributed by atoms with Gasteiger partial charge in [0.1, 0.15) is 0 Å². The molecule has 3 aromatic carbocycles. The molecule has 0 aliphatic carbocycles. The minimum absolute atomic E-state index is 0.758. The van der Waals surface area contributed by atoms with E-state index in [1.807, 2.05) is 12.1 Å². The van der Waals surface area contributed by atoms with E-state index in [1.165, 1.54) is 16.3 Å². The number of benzene rings is 3. The van der Waals surface area contributed by atoms with Crippen LogP contribution in [0.5, 0.6) is 0 Å². The molecule has 0 spiro atoms. The van der Waals surface area contributed by atoms with Crippen LogP contribution in [0.3, 0.4) is 0 Å². The molecule has 1 nitrogen and oxygen atoms in total. The van der Waals surface area contributed by atoms with Crippen molar-refractivity contribution in [1.82, 2.24) is 4.98 Å². The largest absolute Gasteiger partial charge is 0.353 e. The number of aromatic amines is 1. The van der Waals surface area contributed by atoms with Crippen LogP contribution in [-0.2, 0) is 0 Å². The number of para-hydroxylation sites is 1. The second-order valence-corrected chi connectivity index (χ2v) is 5.32. The van der Waals surface area contributed by atoms with E-state index in [2.05, 4.69) is 59.6 Å². The van der Waals surface area contributed by atoms with Gasteiger partial charge in [0.05, 0.1) is 10.5 Å². The molecule has 1 heterocycles. The maximum Gasteiger partial charge on any atom is 0.0648 e. The summed E-state index contributed by atoms with van der Waals surface area (Å²) >= 11 is 6.24. The number of aromatic nitrogens is 1. The zero-order valence-electron chi connectivity index (χ0n) is 10.7. The Bertz CT molecular complexity index is 916. The number of rotatable bonds is 1. The zero-order valence-corrected chi connectivity index (χ0v) is 11.5. The third-order valence-electron chi connectivity index (χ3n) is 3.69. The van der Waals surface area contributed by atoms with Crippen LogP contribution in [0.4, 0.5) is 0 Å². The molecule has 1 aromatic heterocycles. The highest BCUT2D eigenvalue weighted by Gasteiger charge is 2.08. The van der Waals surface area contributed by atoms with Crippen molar-refractivity contribution >= 4 is 33.3 Å². The van der Waals surface area contributed by atoms with Gasteiger partial charge in [0.15, 0.2) is 0 Å². The fourth-order valence-electron chi connectivity index (χ4n) is 2.72. The molecule has 2 heteroatoms. The molecule has 1 N–H and O–H groups in total. The van der Waals surface area contributed by atoms with Crippen molar-refractivity contribution in [2.45, 2.75) is 0 Å². The van der Waals surface area contributed by atoms with Crippen LogP contribution in [0.15, 0.2) is 66.7 Å². The maximum absolute atomic E-state index is 6.24. The van der Waals surface area contributed by atoms with Gasteiger partial charge >= 0.3 is 0 Å². The summed E-state index contributed by atoms with van der Waals surface area (Å²) in [6.07, 6.45) is 0. The molecule has 0 radical (unpaired) electrons. The monoisotopic (exact) mass is 277 g/mol. The van der Waals surface area contributed by atoms with Crippen molar-refractivity contribution in [3.63, 3.8) is 0 Å². The predicted octanol–water partition coefficient (Wildman–Crippen LogP) is 5.64. The molecule has 96 valence electrons. The Balaban J connectivity index is 2.04. The summed E-state index contributed by atoms with van der Waals surface area (Å²) in [5, 5.41) is 4.39. The quantitative estimate of drug-likeness (QED) is 0.463. The highest BCUT2D eigenvalue weighted by atomic mass is 35.5. The van der Waals surface area contributed by atoms with Crippen molar-refractivity contribution in [2.24, 2.45) is 0 Å². The molecule has 0 saturated carbocycles. The summed E-state index contributed by atoms with van der Waals surface area (Å²) in [6, 6.07) is 22.9. The summed E-state index contributed by atoms with van der Waals surface area (Å²) < 4.78 is 0. The van der Waals surface area contributed by atoms with Crippen LogP contribution in [0, 0.1) is 0 Å². The first-order valence-corrected chi connectivity index (χ1v) is 6.96. The SMILES string of the molecule is Clc1cccc2cc(-c3cccc4ccccc34)[nH]c12. The van der Waals surface area contributed by atoms with Gasteiger partial charge in [-0.25, -0.2) is 0 Å². The van der Waals surface area contributed by atoms with Crippen molar-refractivity contribution in [3.05, 3.63) is 71.8 Å². The molecule has 4 aromatic rings. The lowest BCUT2D eigenvalue weighted by atomic mass is 10.0. The summed E-state index contributed by atoms with van der Waals surface area (Å²) in [7, 11) is 0. The molecular formula is C18H12ClN. The lowest BCUT2D eigenvalue weighted by Gasteiger charge is -2.04. The van der Waals surface area contributed by atoms with Crippen molar-refractivity contribution in [1.29, 1.82) is 0 Å². The van der Waals surface area contributed by atoms with Crippen molar-refractivity contribution in [2.75, 3.05) is 0 Å².